The Labute approximate surface area is 111 Å². The third-order valence-electron chi connectivity index (χ3n) is 3.21. The second kappa shape index (κ2) is 4.54. The zero-order valence-corrected chi connectivity index (χ0v) is 10.5. The summed E-state index contributed by atoms with van der Waals surface area (Å²) in [6.45, 7) is 2.08. The van der Waals surface area contributed by atoms with Gasteiger partial charge in [-0.2, -0.15) is 5.26 Å². The molecule has 0 unspecified atom stereocenters. The zero-order chi connectivity index (χ0) is 13.2. The lowest BCUT2D eigenvalue weighted by molar-refractivity contribution is 0.928. The number of benzene rings is 1. The number of rotatable bonds is 2. The quantitative estimate of drug-likeness (QED) is 0.700. The minimum atomic E-state index is 0.610. The Bertz CT molecular complexity index is 780. The standard InChI is InChI=1S/C15H12N4/c1-11-4-2-3-5-13(11)8-15-18-17-14-7-6-12(9-16)10-19(14)15/h2-7,10H,8H2,1H3. The van der Waals surface area contributed by atoms with Crippen LogP contribution < -0.4 is 0 Å². The van der Waals surface area contributed by atoms with Gasteiger partial charge in [0, 0.05) is 12.6 Å². The predicted octanol–water partition coefficient (Wildman–Crippen LogP) is 2.50. The molecule has 0 aliphatic rings. The van der Waals surface area contributed by atoms with Crippen LogP contribution in [0, 0.1) is 18.3 Å². The Balaban J connectivity index is 2.06. The van der Waals surface area contributed by atoms with Gasteiger partial charge in [-0.15, -0.1) is 10.2 Å². The predicted molar refractivity (Wildman–Crippen MR) is 71.7 cm³/mol. The fourth-order valence-electron chi connectivity index (χ4n) is 2.10. The highest BCUT2D eigenvalue weighted by molar-refractivity contribution is 5.43. The molecule has 3 aromatic rings. The highest BCUT2D eigenvalue weighted by atomic mass is 15.2. The molecule has 0 atom stereocenters. The topological polar surface area (TPSA) is 54.0 Å². The molecule has 92 valence electrons. The van der Waals surface area contributed by atoms with Crippen LogP contribution in [-0.2, 0) is 6.42 Å². The van der Waals surface area contributed by atoms with Crippen molar-refractivity contribution in [3.8, 4) is 6.07 Å². The molecule has 4 heteroatoms. The van der Waals surface area contributed by atoms with E-state index in [4.69, 9.17) is 5.26 Å². The van der Waals surface area contributed by atoms with Crippen molar-refractivity contribution in [3.05, 3.63) is 65.1 Å². The number of hydrogen-bond donors (Lipinski definition) is 0. The molecular weight excluding hydrogens is 236 g/mol. The second-order valence-corrected chi connectivity index (χ2v) is 4.48. The van der Waals surface area contributed by atoms with Gasteiger partial charge in [0.05, 0.1) is 5.56 Å². The van der Waals surface area contributed by atoms with Crippen molar-refractivity contribution in [2.45, 2.75) is 13.3 Å². The minimum absolute atomic E-state index is 0.610. The normalized spacial score (nSPS) is 10.5. The fraction of sp³-hybridized carbons (Fsp3) is 0.133. The van der Waals surface area contributed by atoms with E-state index in [1.807, 2.05) is 22.6 Å². The van der Waals surface area contributed by atoms with Gasteiger partial charge in [0.25, 0.3) is 0 Å². The van der Waals surface area contributed by atoms with E-state index in [0.717, 1.165) is 11.5 Å². The molecule has 0 saturated heterocycles. The molecule has 0 saturated carbocycles. The summed E-state index contributed by atoms with van der Waals surface area (Å²) in [6.07, 6.45) is 2.49. The second-order valence-electron chi connectivity index (χ2n) is 4.48. The van der Waals surface area contributed by atoms with Gasteiger partial charge in [-0.1, -0.05) is 24.3 Å². The molecule has 19 heavy (non-hydrogen) atoms. The number of nitriles is 1. The summed E-state index contributed by atoms with van der Waals surface area (Å²) < 4.78 is 1.88. The summed E-state index contributed by atoms with van der Waals surface area (Å²) in [7, 11) is 0. The van der Waals surface area contributed by atoms with Gasteiger partial charge >= 0.3 is 0 Å². The Hall–Kier alpha value is -2.67. The van der Waals surface area contributed by atoms with Crippen LogP contribution in [0.15, 0.2) is 42.6 Å². The molecule has 2 heterocycles. The van der Waals surface area contributed by atoms with Crippen LogP contribution in [0.2, 0.25) is 0 Å². The maximum absolute atomic E-state index is 8.96. The average Bonchev–Trinajstić information content (AvgIpc) is 2.84. The molecule has 1 aromatic carbocycles. The van der Waals surface area contributed by atoms with Gasteiger partial charge in [-0.3, -0.25) is 4.40 Å². The first-order valence-corrected chi connectivity index (χ1v) is 6.06. The van der Waals surface area contributed by atoms with Gasteiger partial charge < -0.3 is 0 Å². The highest BCUT2D eigenvalue weighted by Gasteiger charge is 2.08. The summed E-state index contributed by atoms with van der Waals surface area (Å²) >= 11 is 0. The Kier molecular flexibility index (Phi) is 2.73. The number of fused-ring (bicyclic) bond motifs is 1. The minimum Gasteiger partial charge on any atom is -0.285 e. The van der Waals surface area contributed by atoms with Gasteiger partial charge in [-0.05, 0) is 30.2 Å². The largest absolute Gasteiger partial charge is 0.285 e. The van der Waals surface area contributed by atoms with Crippen LogP contribution >= 0.6 is 0 Å². The van der Waals surface area contributed by atoms with E-state index >= 15 is 0 Å². The molecule has 0 N–H and O–H groups in total. The Morgan fingerprint density at radius 3 is 2.79 bits per heavy atom. The van der Waals surface area contributed by atoms with Crippen molar-refractivity contribution in [2.24, 2.45) is 0 Å². The summed E-state index contributed by atoms with van der Waals surface area (Å²) in [5, 5.41) is 17.3. The van der Waals surface area contributed by atoms with Crippen molar-refractivity contribution in [1.29, 1.82) is 5.26 Å². The van der Waals surface area contributed by atoms with E-state index in [-0.39, 0.29) is 0 Å². The molecule has 0 aliphatic heterocycles. The van der Waals surface area contributed by atoms with E-state index in [2.05, 4.69) is 35.3 Å². The fourth-order valence-corrected chi connectivity index (χ4v) is 2.10. The van der Waals surface area contributed by atoms with Crippen LogP contribution in [0.1, 0.15) is 22.5 Å². The lowest BCUT2D eigenvalue weighted by atomic mass is 10.1. The number of pyridine rings is 1. The van der Waals surface area contributed by atoms with Crippen molar-refractivity contribution in [1.82, 2.24) is 14.6 Å². The van der Waals surface area contributed by atoms with Crippen LogP contribution in [0.5, 0.6) is 0 Å². The van der Waals surface area contributed by atoms with Crippen LogP contribution in [0.25, 0.3) is 5.65 Å². The third kappa shape index (κ3) is 2.06. The van der Waals surface area contributed by atoms with E-state index < -0.39 is 0 Å². The zero-order valence-electron chi connectivity index (χ0n) is 10.5. The first-order valence-electron chi connectivity index (χ1n) is 6.06. The monoisotopic (exact) mass is 248 g/mol. The van der Waals surface area contributed by atoms with Crippen LogP contribution in [-0.4, -0.2) is 14.6 Å². The highest BCUT2D eigenvalue weighted by Crippen LogP contribution is 2.14. The van der Waals surface area contributed by atoms with Gasteiger partial charge in [-0.25, -0.2) is 0 Å². The average molecular weight is 248 g/mol. The van der Waals surface area contributed by atoms with Crippen molar-refractivity contribution in [3.63, 3.8) is 0 Å². The van der Waals surface area contributed by atoms with E-state index in [1.54, 1.807) is 12.3 Å². The first-order chi connectivity index (χ1) is 9.28. The van der Waals surface area contributed by atoms with Gasteiger partial charge in [0.1, 0.15) is 11.9 Å². The molecule has 0 aliphatic carbocycles. The SMILES string of the molecule is Cc1ccccc1Cc1nnc2ccc(C#N)cn12. The molecule has 3 rings (SSSR count). The number of hydrogen-bond acceptors (Lipinski definition) is 3. The number of aryl methyl sites for hydroxylation is 1. The first kappa shape index (κ1) is 11.4. The lowest BCUT2D eigenvalue weighted by Gasteiger charge is -2.04. The molecule has 0 radical (unpaired) electrons. The maximum atomic E-state index is 8.96. The Morgan fingerprint density at radius 1 is 1.16 bits per heavy atom. The molecule has 0 amide bonds. The summed E-state index contributed by atoms with van der Waals surface area (Å²) in [6, 6.07) is 13.9. The van der Waals surface area contributed by atoms with Crippen molar-refractivity contribution < 1.29 is 0 Å². The third-order valence-corrected chi connectivity index (χ3v) is 3.21. The van der Waals surface area contributed by atoms with Gasteiger partial charge in [0.15, 0.2) is 5.65 Å². The summed E-state index contributed by atoms with van der Waals surface area (Å²) in [5.74, 6) is 0.849. The van der Waals surface area contributed by atoms with Gasteiger partial charge in [0.2, 0.25) is 0 Å². The van der Waals surface area contributed by atoms with E-state index in [1.165, 1.54) is 11.1 Å². The summed E-state index contributed by atoms with van der Waals surface area (Å²) in [5.41, 5.74) is 3.83. The van der Waals surface area contributed by atoms with E-state index in [9.17, 15) is 0 Å². The molecular formula is C15H12N4. The number of aromatic nitrogens is 3. The molecule has 0 spiro atoms. The molecule has 0 fully saturated rings. The molecule has 0 bridgehead atoms. The van der Waals surface area contributed by atoms with E-state index in [0.29, 0.717) is 12.0 Å². The Morgan fingerprint density at radius 2 is 2.00 bits per heavy atom. The van der Waals surface area contributed by atoms with Crippen LogP contribution in [0.4, 0.5) is 0 Å². The molecule has 4 nitrogen and oxygen atoms in total. The van der Waals surface area contributed by atoms with Crippen molar-refractivity contribution in [2.75, 3.05) is 0 Å². The summed E-state index contributed by atoms with van der Waals surface area (Å²) in [4.78, 5) is 0. The number of nitrogens with zero attached hydrogens (tertiary/aromatic N) is 4. The van der Waals surface area contributed by atoms with Crippen molar-refractivity contribution >= 4 is 5.65 Å². The smallest absolute Gasteiger partial charge is 0.160 e. The lowest BCUT2D eigenvalue weighted by Crippen LogP contribution is -1.98. The van der Waals surface area contributed by atoms with Crippen LogP contribution in [0.3, 0.4) is 0 Å². The molecule has 2 aromatic heterocycles. The maximum Gasteiger partial charge on any atom is 0.160 e.